The van der Waals surface area contributed by atoms with Gasteiger partial charge in [0.2, 0.25) is 0 Å². The molecule has 1 aliphatic rings. The molecule has 0 spiro atoms. The molecule has 1 N–H and O–H groups in total. The first kappa shape index (κ1) is 10.6. The number of benzene rings is 1. The van der Waals surface area contributed by atoms with E-state index in [1.807, 2.05) is 12.1 Å². The van der Waals surface area contributed by atoms with Crippen molar-refractivity contribution in [2.75, 3.05) is 19.7 Å². The van der Waals surface area contributed by atoms with Gasteiger partial charge in [0.15, 0.2) is 0 Å². The fourth-order valence-corrected chi connectivity index (χ4v) is 1.81. The first-order valence-electron chi connectivity index (χ1n) is 5.42. The van der Waals surface area contributed by atoms with Crippen LogP contribution in [-0.2, 0) is 11.2 Å². The van der Waals surface area contributed by atoms with Crippen LogP contribution in [0.1, 0.15) is 12.0 Å². The summed E-state index contributed by atoms with van der Waals surface area (Å²) in [6.45, 7) is 2.56. The third-order valence-corrected chi connectivity index (χ3v) is 2.70. The Morgan fingerprint density at radius 3 is 3.00 bits per heavy atom. The maximum atomic E-state index is 13.2. The Bertz CT molecular complexity index is 310. The highest BCUT2D eigenvalue weighted by Gasteiger charge is 2.14. The molecule has 2 rings (SSSR count). The molecule has 1 unspecified atom stereocenters. The van der Waals surface area contributed by atoms with Crippen LogP contribution < -0.4 is 5.32 Å². The van der Waals surface area contributed by atoms with Crippen LogP contribution in [-0.4, -0.2) is 25.8 Å². The van der Waals surface area contributed by atoms with Crippen LogP contribution >= 0.6 is 0 Å². The highest BCUT2D eigenvalue weighted by molar-refractivity contribution is 5.17. The van der Waals surface area contributed by atoms with E-state index in [0.717, 1.165) is 25.1 Å². The lowest BCUT2D eigenvalue weighted by Gasteiger charge is -2.10. The predicted molar refractivity (Wildman–Crippen MR) is 57.3 cm³/mol. The van der Waals surface area contributed by atoms with E-state index in [1.165, 1.54) is 6.07 Å². The maximum absolute atomic E-state index is 13.2. The molecule has 0 saturated carbocycles. The second-order valence-corrected chi connectivity index (χ2v) is 3.83. The lowest BCUT2D eigenvalue weighted by Crippen LogP contribution is -2.18. The number of halogens is 1. The van der Waals surface area contributed by atoms with Crippen molar-refractivity contribution in [1.29, 1.82) is 0 Å². The van der Waals surface area contributed by atoms with Gasteiger partial charge in [-0.15, -0.1) is 0 Å². The van der Waals surface area contributed by atoms with E-state index in [1.54, 1.807) is 6.07 Å². The molecule has 1 heterocycles. The smallest absolute Gasteiger partial charge is 0.126 e. The average molecular weight is 209 g/mol. The van der Waals surface area contributed by atoms with Crippen LogP contribution in [0.3, 0.4) is 0 Å². The molecule has 82 valence electrons. The minimum absolute atomic E-state index is 0.134. The molecular formula is C12H16FNO. The Morgan fingerprint density at radius 2 is 2.27 bits per heavy atom. The fraction of sp³-hybridized carbons (Fsp3) is 0.500. The molecule has 0 bridgehead atoms. The summed E-state index contributed by atoms with van der Waals surface area (Å²) in [7, 11) is 0. The minimum atomic E-state index is -0.134. The van der Waals surface area contributed by atoms with E-state index in [4.69, 9.17) is 4.74 Å². The summed E-state index contributed by atoms with van der Waals surface area (Å²) in [5.74, 6) is -0.134. The molecule has 1 atom stereocenters. The van der Waals surface area contributed by atoms with Gasteiger partial charge in [-0.2, -0.15) is 0 Å². The summed E-state index contributed by atoms with van der Waals surface area (Å²) >= 11 is 0. The second-order valence-electron chi connectivity index (χ2n) is 3.83. The zero-order valence-electron chi connectivity index (χ0n) is 8.71. The van der Waals surface area contributed by atoms with Crippen molar-refractivity contribution in [1.82, 2.24) is 5.32 Å². The van der Waals surface area contributed by atoms with Crippen LogP contribution in [0, 0.1) is 5.82 Å². The molecular weight excluding hydrogens is 193 g/mol. The van der Waals surface area contributed by atoms with Crippen LogP contribution in [0.25, 0.3) is 0 Å². The molecule has 1 aromatic carbocycles. The number of nitrogens with one attached hydrogen (secondary N) is 1. The molecule has 1 aromatic rings. The molecule has 2 nitrogen and oxygen atoms in total. The van der Waals surface area contributed by atoms with Gasteiger partial charge in [0, 0.05) is 6.54 Å². The van der Waals surface area contributed by atoms with Crippen molar-refractivity contribution in [2.24, 2.45) is 0 Å². The Hall–Kier alpha value is -0.930. The van der Waals surface area contributed by atoms with E-state index in [-0.39, 0.29) is 5.82 Å². The third-order valence-electron chi connectivity index (χ3n) is 2.70. The topological polar surface area (TPSA) is 21.3 Å². The average Bonchev–Trinajstić information content (AvgIpc) is 2.74. The van der Waals surface area contributed by atoms with Gasteiger partial charge in [0.1, 0.15) is 5.82 Å². The minimum Gasteiger partial charge on any atom is -0.377 e. The lowest BCUT2D eigenvalue weighted by atomic mass is 10.1. The Balaban J connectivity index is 1.75. The van der Waals surface area contributed by atoms with E-state index >= 15 is 0 Å². The van der Waals surface area contributed by atoms with Gasteiger partial charge in [-0.05, 0) is 31.0 Å². The van der Waals surface area contributed by atoms with Gasteiger partial charge >= 0.3 is 0 Å². The third kappa shape index (κ3) is 3.01. The first-order chi connectivity index (χ1) is 7.36. The molecule has 0 aliphatic carbocycles. The van der Waals surface area contributed by atoms with E-state index in [0.29, 0.717) is 19.1 Å². The molecule has 15 heavy (non-hydrogen) atoms. The number of hydrogen-bond donors (Lipinski definition) is 1. The maximum Gasteiger partial charge on any atom is 0.126 e. The van der Waals surface area contributed by atoms with Gasteiger partial charge in [0.25, 0.3) is 0 Å². The Labute approximate surface area is 89.4 Å². The molecule has 0 amide bonds. The number of ether oxygens (including phenoxy) is 1. The van der Waals surface area contributed by atoms with Crippen molar-refractivity contribution < 1.29 is 9.13 Å². The Kier molecular flexibility index (Phi) is 3.69. The molecule has 1 saturated heterocycles. The second kappa shape index (κ2) is 5.24. The molecule has 1 aliphatic heterocycles. The Morgan fingerprint density at radius 1 is 1.40 bits per heavy atom. The van der Waals surface area contributed by atoms with E-state index in [9.17, 15) is 4.39 Å². The SMILES string of the molecule is Fc1ccccc1CCOC1CCNC1. The summed E-state index contributed by atoms with van der Waals surface area (Å²) in [6.07, 6.45) is 2.04. The van der Waals surface area contributed by atoms with Crippen molar-refractivity contribution in [3.05, 3.63) is 35.6 Å². The molecule has 0 aromatic heterocycles. The van der Waals surface area contributed by atoms with Gasteiger partial charge < -0.3 is 10.1 Å². The largest absolute Gasteiger partial charge is 0.377 e. The van der Waals surface area contributed by atoms with E-state index in [2.05, 4.69) is 5.32 Å². The highest BCUT2D eigenvalue weighted by Crippen LogP contribution is 2.09. The summed E-state index contributed by atoms with van der Waals surface area (Å²) in [5, 5.41) is 3.23. The van der Waals surface area contributed by atoms with Crippen molar-refractivity contribution in [3.8, 4) is 0 Å². The number of rotatable bonds is 4. The van der Waals surface area contributed by atoms with Crippen LogP contribution in [0.5, 0.6) is 0 Å². The van der Waals surface area contributed by atoms with Crippen LogP contribution in [0.4, 0.5) is 4.39 Å². The van der Waals surface area contributed by atoms with E-state index < -0.39 is 0 Å². The van der Waals surface area contributed by atoms with Crippen molar-refractivity contribution in [3.63, 3.8) is 0 Å². The molecule has 1 fully saturated rings. The normalized spacial score (nSPS) is 20.7. The highest BCUT2D eigenvalue weighted by atomic mass is 19.1. The summed E-state index contributed by atoms with van der Waals surface area (Å²) in [6, 6.07) is 6.87. The van der Waals surface area contributed by atoms with Gasteiger partial charge in [-0.1, -0.05) is 18.2 Å². The van der Waals surface area contributed by atoms with Crippen molar-refractivity contribution >= 4 is 0 Å². The standard InChI is InChI=1S/C12H16FNO/c13-12-4-2-1-3-10(12)6-8-15-11-5-7-14-9-11/h1-4,11,14H,5-9H2. The summed E-state index contributed by atoms with van der Waals surface area (Å²) in [5.41, 5.74) is 0.739. The molecule has 0 radical (unpaired) electrons. The van der Waals surface area contributed by atoms with Crippen LogP contribution in [0.2, 0.25) is 0 Å². The summed E-state index contributed by atoms with van der Waals surface area (Å²) in [4.78, 5) is 0. The summed E-state index contributed by atoms with van der Waals surface area (Å²) < 4.78 is 18.9. The lowest BCUT2D eigenvalue weighted by molar-refractivity contribution is 0.0690. The predicted octanol–water partition coefficient (Wildman–Crippen LogP) is 1.75. The van der Waals surface area contributed by atoms with Gasteiger partial charge in [-0.3, -0.25) is 0 Å². The number of hydrogen-bond acceptors (Lipinski definition) is 2. The molecule has 3 heteroatoms. The van der Waals surface area contributed by atoms with Crippen molar-refractivity contribution in [2.45, 2.75) is 18.9 Å². The first-order valence-corrected chi connectivity index (χ1v) is 5.42. The quantitative estimate of drug-likeness (QED) is 0.815. The fourth-order valence-electron chi connectivity index (χ4n) is 1.81. The van der Waals surface area contributed by atoms with Gasteiger partial charge in [-0.25, -0.2) is 4.39 Å². The monoisotopic (exact) mass is 209 g/mol. The van der Waals surface area contributed by atoms with Crippen LogP contribution in [0.15, 0.2) is 24.3 Å². The zero-order valence-corrected chi connectivity index (χ0v) is 8.71. The zero-order chi connectivity index (χ0) is 10.5. The van der Waals surface area contributed by atoms with Gasteiger partial charge in [0.05, 0.1) is 12.7 Å².